The molecule has 0 aromatic heterocycles. The fourth-order valence-electron chi connectivity index (χ4n) is 6.29. The number of carbonyl (C=O) groups is 2. The van der Waals surface area contributed by atoms with Crippen molar-refractivity contribution in [3.8, 4) is 5.75 Å². The van der Waals surface area contributed by atoms with Crippen molar-refractivity contribution in [3.05, 3.63) is 135 Å². The first-order valence-corrected chi connectivity index (χ1v) is 13.5. The maximum atomic E-state index is 14.7. The van der Waals surface area contributed by atoms with Crippen LogP contribution in [0.2, 0.25) is 0 Å². The van der Waals surface area contributed by atoms with Gasteiger partial charge < -0.3 is 14.5 Å². The smallest absolute Gasteiger partial charge is 0.269 e. The van der Waals surface area contributed by atoms with E-state index in [0.717, 1.165) is 22.4 Å². The van der Waals surface area contributed by atoms with Gasteiger partial charge in [-0.2, -0.15) is 0 Å². The van der Waals surface area contributed by atoms with Crippen LogP contribution < -0.4 is 9.64 Å². The van der Waals surface area contributed by atoms with Crippen LogP contribution in [0.4, 0.5) is 11.4 Å². The van der Waals surface area contributed by atoms with E-state index < -0.39 is 16.4 Å². The van der Waals surface area contributed by atoms with Crippen molar-refractivity contribution in [1.29, 1.82) is 0 Å². The standard InChI is InChI=1S/C33H29N3O5/c1-41-27-15-12-23(13-16-27)18-19-34-29-17-14-26(36(39)40)20-28(29)33(32(34)38)21-30(37)35(22-24-8-4-2-5-9-24)31(33)25-10-6-3-7-11-25/h2-17,20,31H,18-19,21-22H2,1H3. The summed E-state index contributed by atoms with van der Waals surface area (Å²) in [5.41, 5.74) is 2.53. The highest BCUT2D eigenvalue weighted by Gasteiger charge is 2.63. The number of nitrogens with zero attached hydrogens (tertiary/aromatic N) is 3. The van der Waals surface area contributed by atoms with Crippen LogP contribution in [0.1, 0.15) is 34.7 Å². The number of benzene rings is 4. The van der Waals surface area contributed by atoms with Crippen molar-refractivity contribution < 1.29 is 19.2 Å². The van der Waals surface area contributed by atoms with Gasteiger partial charge in [0.2, 0.25) is 11.8 Å². The number of fused-ring (bicyclic) bond motifs is 2. The topological polar surface area (TPSA) is 93.0 Å². The first kappa shape index (κ1) is 26.3. The van der Waals surface area contributed by atoms with Crippen LogP contribution in [-0.2, 0) is 28.0 Å². The lowest BCUT2D eigenvalue weighted by molar-refractivity contribution is -0.384. The van der Waals surface area contributed by atoms with Crippen LogP contribution in [0.15, 0.2) is 103 Å². The molecule has 4 aromatic carbocycles. The fraction of sp³-hybridized carbons (Fsp3) is 0.212. The third-order valence-electron chi connectivity index (χ3n) is 8.21. The number of nitro benzene ring substituents is 1. The van der Waals surface area contributed by atoms with Crippen LogP contribution in [-0.4, -0.2) is 35.3 Å². The highest BCUT2D eigenvalue weighted by atomic mass is 16.6. The summed E-state index contributed by atoms with van der Waals surface area (Å²) < 4.78 is 5.26. The summed E-state index contributed by atoms with van der Waals surface area (Å²) >= 11 is 0. The van der Waals surface area contributed by atoms with Gasteiger partial charge in [-0.05, 0) is 41.3 Å². The van der Waals surface area contributed by atoms with E-state index in [2.05, 4.69) is 0 Å². The minimum atomic E-state index is -1.30. The minimum Gasteiger partial charge on any atom is -0.497 e. The van der Waals surface area contributed by atoms with Gasteiger partial charge in [0, 0.05) is 42.9 Å². The monoisotopic (exact) mass is 547 g/mol. The number of rotatable bonds is 8. The van der Waals surface area contributed by atoms with Crippen molar-refractivity contribution in [3.63, 3.8) is 0 Å². The molecule has 2 aliphatic heterocycles. The Morgan fingerprint density at radius 3 is 2.24 bits per heavy atom. The average Bonchev–Trinajstić information content (AvgIpc) is 3.42. The fourth-order valence-corrected chi connectivity index (χ4v) is 6.29. The predicted octanol–water partition coefficient (Wildman–Crippen LogP) is 5.60. The number of likely N-dealkylation sites (tertiary alicyclic amines) is 1. The van der Waals surface area contributed by atoms with Gasteiger partial charge in [-0.15, -0.1) is 0 Å². The molecule has 1 spiro atoms. The summed E-state index contributed by atoms with van der Waals surface area (Å²) in [5.74, 6) is 0.376. The molecule has 0 radical (unpaired) electrons. The highest BCUT2D eigenvalue weighted by molar-refractivity contribution is 6.12. The van der Waals surface area contributed by atoms with Gasteiger partial charge in [0.1, 0.15) is 11.2 Å². The maximum Gasteiger partial charge on any atom is 0.269 e. The zero-order valence-electron chi connectivity index (χ0n) is 22.6. The summed E-state index contributed by atoms with van der Waals surface area (Å²) in [6.45, 7) is 0.691. The maximum absolute atomic E-state index is 14.7. The molecule has 8 nitrogen and oxygen atoms in total. The zero-order valence-corrected chi connectivity index (χ0v) is 22.6. The van der Waals surface area contributed by atoms with E-state index in [9.17, 15) is 19.7 Å². The van der Waals surface area contributed by atoms with E-state index in [1.807, 2.05) is 84.9 Å². The van der Waals surface area contributed by atoms with Crippen molar-refractivity contribution in [1.82, 2.24) is 4.90 Å². The molecule has 0 bridgehead atoms. The number of hydrogen-bond acceptors (Lipinski definition) is 5. The zero-order chi connectivity index (χ0) is 28.6. The average molecular weight is 548 g/mol. The first-order valence-electron chi connectivity index (χ1n) is 13.5. The third kappa shape index (κ3) is 4.51. The lowest BCUT2D eigenvalue weighted by Crippen LogP contribution is -2.45. The van der Waals surface area contributed by atoms with Gasteiger partial charge in [-0.1, -0.05) is 72.8 Å². The molecule has 8 heteroatoms. The lowest BCUT2D eigenvalue weighted by atomic mass is 9.72. The summed E-state index contributed by atoms with van der Waals surface area (Å²) in [6.07, 6.45) is 0.505. The third-order valence-corrected chi connectivity index (χ3v) is 8.21. The number of nitro groups is 1. The Morgan fingerprint density at radius 2 is 1.59 bits per heavy atom. The Bertz CT molecular complexity index is 1610. The second-order valence-electron chi connectivity index (χ2n) is 10.5. The van der Waals surface area contributed by atoms with Gasteiger partial charge in [0.15, 0.2) is 0 Å². The summed E-state index contributed by atoms with van der Waals surface area (Å²) in [7, 11) is 1.61. The predicted molar refractivity (Wildman–Crippen MR) is 155 cm³/mol. The molecule has 2 atom stereocenters. The second kappa shape index (κ2) is 10.5. The quantitative estimate of drug-likeness (QED) is 0.211. The number of anilines is 1. The van der Waals surface area contributed by atoms with Gasteiger partial charge >= 0.3 is 0 Å². The second-order valence-corrected chi connectivity index (χ2v) is 10.5. The summed E-state index contributed by atoms with van der Waals surface area (Å²) in [6, 6.07) is 30.8. The number of ether oxygens (including phenoxy) is 1. The summed E-state index contributed by atoms with van der Waals surface area (Å²) in [4.78, 5) is 43.4. The molecule has 4 aromatic rings. The number of hydrogen-bond donors (Lipinski definition) is 0. The van der Waals surface area contributed by atoms with Gasteiger partial charge in [-0.3, -0.25) is 19.7 Å². The number of amides is 2. The molecule has 2 heterocycles. The van der Waals surface area contributed by atoms with Crippen LogP contribution in [0.5, 0.6) is 5.75 Å². The molecular weight excluding hydrogens is 518 g/mol. The van der Waals surface area contributed by atoms with Crippen LogP contribution in [0, 0.1) is 10.1 Å². The molecule has 0 saturated carbocycles. The normalized spacial score (nSPS) is 19.6. The molecule has 1 saturated heterocycles. The Labute approximate surface area is 237 Å². The van der Waals surface area contributed by atoms with Gasteiger partial charge in [-0.25, -0.2) is 0 Å². The SMILES string of the molecule is COc1ccc(CCN2C(=O)C3(CC(=O)N(Cc4ccccc4)C3c3ccccc3)c3cc([N+](=O)[O-])ccc32)cc1. The number of carbonyl (C=O) groups excluding carboxylic acids is 2. The van der Waals surface area contributed by atoms with E-state index in [4.69, 9.17) is 4.74 Å². The van der Waals surface area contributed by atoms with E-state index in [1.165, 1.54) is 12.1 Å². The molecule has 41 heavy (non-hydrogen) atoms. The lowest BCUT2D eigenvalue weighted by Gasteiger charge is -2.35. The molecule has 6 rings (SSSR count). The van der Waals surface area contributed by atoms with Crippen LogP contribution in [0.3, 0.4) is 0 Å². The van der Waals surface area contributed by atoms with Gasteiger partial charge in [0.05, 0.1) is 18.1 Å². The van der Waals surface area contributed by atoms with Crippen molar-refractivity contribution in [2.75, 3.05) is 18.6 Å². The Morgan fingerprint density at radius 1 is 0.902 bits per heavy atom. The number of methoxy groups -OCH3 is 1. The first-order chi connectivity index (χ1) is 19.9. The molecule has 0 N–H and O–H groups in total. The molecule has 0 aliphatic carbocycles. The molecule has 206 valence electrons. The Kier molecular flexibility index (Phi) is 6.75. The van der Waals surface area contributed by atoms with E-state index in [0.29, 0.717) is 30.8 Å². The van der Waals surface area contributed by atoms with Crippen LogP contribution in [0.25, 0.3) is 0 Å². The van der Waals surface area contributed by atoms with Crippen LogP contribution >= 0.6 is 0 Å². The molecular formula is C33H29N3O5. The Balaban J connectivity index is 1.46. The number of non-ortho nitro benzene ring substituents is 1. The summed E-state index contributed by atoms with van der Waals surface area (Å²) in [5, 5.41) is 11.9. The minimum absolute atomic E-state index is 0.0641. The molecule has 2 amide bonds. The van der Waals surface area contributed by atoms with Crippen molar-refractivity contribution >= 4 is 23.2 Å². The van der Waals surface area contributed by atoms with E-state index in [-0.39, 0.29) is 23.9 Å². The highest BCUT2D eigenvalue weighted by Crippen LogP contribution is 2.58. The van der Waals surface area contributed by atoms with Crippen molar-refractivity contribution in [2.45, 2.75) is 30.8 Å². The molecule has 1 fully saturated rings. The molecule has 2 unspecified atom stereocenters. The van der Waals surface area contributed by atoms with Crippen molar-refractivity contribution in [2.24, 2.45) is 0 Å². The Hall–Kier alpha value is -4.98. The van der Waals surface area contributed by atoms with E-state index >= 15 is 0 Å². The largest absolute Gasteiger partial charge is 0.497 e. The van der Waals surface area contributed by atoms with Gasteiger partial charge in [0.25, 0.3) is 5.69 Å². The molecule has 2 aliphatic rings. The van der Waals surface area contributed by atoms with E-state index in [1.54, 1.807) is 23.0 Å².